The summed E-state index contributed by atoms with van der Waals surface area (Å²) in [7, 11) is 0. The molecule has 0 aromatic heterocycles. The average Bonchev–Trinajstić information content (AvgIpc) is 3.41. The van der Waals surface area contributed by atoms with E-state index in [0.717, 1.165) is 19.3 Å². The van der Waals surface area contributed by atoms with E-state index in [-0.39, 0.29) is 36.0 Å². The molecule has 0 N–H and O–H groups in total. The van der Waals surface area contributed by atoms with Gasteiger partial charge in [-0.15, -0.1) is 0 Å². The van der Waals surface area contributed by atoms with Gasteiger partial charge in [0.1, 0.15) is 5.75 Å². The Bertz CT molecular complexity index is 926. The molecule has 1 heterocycles. The molecule has 142 valence electrons. The second-order valence-electron chi connectivity index (χ2n) is 7.94. The molecule has 4 atom stereocenters. The number of hydrogen-bond acceptors (Lipinski definition) is 4. The number of fused-ring (bicyclic) bond motifs is 5. The number of ketones is 1. The zero-order valence-corrected chi connectivity index (χ0v) is 15.4. The summed E-state index contributed by atoms with van der Waals surface area (Å²) in [6.45, 7) is -0.143. The SMILES string of the molecule is O=C(COc1ccccc1N1C(=O)[C@H]2[C@@H]3CC[C@@H](C3)[C@@H]2C1=O)c1ccccc1. The van der Waals surface area contributed by atoms with Crippen LogP contribution in [0.3, 0.4) is 0 Å². The van der Waals surface area contributed by atoms with E-state index in [9.17, 15) is 14.4 Å². The Kier molecular flexibility index (Phi) is 4.04. The van der Waals surface area contributed by atoms with Crippen LogP contribution in [-0.4, -0.2) is 24.2 Å². The van der Waals surface area contributed by atoms with Crippen molar-refractivity contribution in [1.29, 1.82) is 0 Å². The molecule has 0 unspecified atom stereocenters. The molecule has 2 aromatic rings. The van der Waals surface area contributed by atoms with Gasteiger partial charge in [0.25, 0.3) is 0 Å². The van der Waals surface area contributed by atoms with Gasteiger partial charge in [-0.2, -0.15) is 0 Å². The largest absolute Gasteiger partial charge is 0.483 e. The molecular formula is C23H21NO4. The van der Waals surface area contributed by atoms with Gasteiger partial charge in [0.05, 0.1) is 17.5 Å². The molecule has 2 saturated carbocycles. The highest BCUT2D eigenvalue weighted by Crippen LogP contribution is 2.57. The van der Waals surface area contributed by atoms with Crippen molar-refractivity contribution in [3.05, 3.63) is 60.2 Å². The number of hydrogen-bond donors (Lipinski definition) is 0. The number of imide groups is 1. The van der Waals surface area contributed by atoms with E-state index in [4.69, 9.17) is 4.74 Å². The van der Waals surface area contributed by atoms with Crippen molar-refractivity contribution in [3.63, 3.8) is 0 Å². The zero-order chi connectivity index (χ0) is 19.3. The standard InChI is InChI=1S/C23H21NO4/c25-18(14-6-2-1-3-7-14)13-28-19-9-5-4-8-17(19)24-22(26)20-15-10-11-16(12-15)21(20)23(24)27/h1-9,15-16,20-21H,10-13H2/t15-,16+,20-,21-/m0/s1. The van der Waals surface area contributed by atoms with Crippen molar-refractivity contribution in [2.45, 2.75) is 19.3 Å². The van der Waals surface area contributed by atoms with E-state index in [1.807, 2.05) is 6.07 Å². The van der Waals surface area contributed by atoms with Crippen molar-refractivity contribution in [3.8, 4) is 5.75 Å². The third-order valence-corrected chi connectivity index (χ3v) is 6.49. The van der Waals surface area contributed by atoms with Gasteiger partial charge in [-0.25, -0.2) is 4.90 Å². The molecule has 5 rings (SSSR count). The molecule has 28 heavy (non-hydrogen) atoms. The summed E-state index contributed by atoms with van der Waals surface area (Å²) in [6.07, 6.45) is 3.09. The quantitative estimate of drug-likeness (QED) is 0.593. The van der Waals surface area contributed by atoms with Crippen molar-refractivity contribution >= 4 is 23.3 Å². The average molecular weight is 375 g/mol. The summed E-state index contributed by atoms with van der Waals surface area (Å²) in [5.41, 5.74) is 1.02. The number of anilines is 1. The lowest BCUT2D eigenvalue weighted by Gasteiger charge is -2.20. The Balaban J connectivity index is 1.39. The normalized spacial score (nSPS) is 27.9. The third kappa shape index (κ3) is 2.57. The zero-order valence-electron chi connectivity index (χ0n) is 15.4. The first-order valence-corrected chi connectivity index (χ1v) is 9.83. The Morgan fingerprint density at radius 2 is 1.50 bits per heavy atom. The molecule has 5 heteroatoms. The van der Waals surface area contributed by atoms with Crippen molar-refractivity contribution < 1.29 is 19.1 Å². The number of carbonyl (C=O) groups is 3. The van der Waals surface area contributed by atoms with Gasteiger partial charge in [0.2, 0.25) is 11.8 Å². The van der Waals surface area contributed by atoms with Crippen LogP contribution in [0.2, 0.25) is 0 Å². The first-order valence-electron chi connectivity index (χ1n) is 9.83. The monoisotopic (exact) mass is 375 g/mol. The van der Waals surface area contributed by atoms with Crippen LogP contribution in [0.1, 0.15) is 29.6 Å². The fourth-order valence-corrected chi connectivity index (χ4v) is 5.26. The first-order chi connectivity index (χ1) is 13.6. The molecule has 1 saturated heterocycles. The third-order valence-electron chi connectivity index (χ3n) is 6.49. The number of nitrogens with zero attached hydrogens (tertiary/aromatic N) is 1. The number of Topliss-reactive ketones (excluding diaryl/α,β-unsaturated/α-hetero) is 1. The van der Waals surface area contributed by atoms with Crippen LogP contribution < -0.4 is 9.64 Å². The topological polar surface area (TPSA) is 63.7 Å². The Labute approximate surface area is 163 Å². The molecular weight excluding hydrogens is 354 g/mol. The summed E-state index contributed by atoms with van der Waals surface area (Å²) < 4.78 is 5.76. The molecule has 2 aliphatic carbocycles. The Morgan fingerprint density at radius 3 is 2.18 bits per heavy atom. The minimum atomic E-state index is -0.176. The smallest absolute Gasteiger partial charge is 0.238 e. The molecule has 5 nitrogen and oxygen atoms in total. The van der Waals surface area contributed by atoms with Crippen LogP contribution >= 0.6 is 0 Å². The maximum Gasteiger partial charge on any atom is 0.238 e. The highest BCUT2D eigenvalue weighted by molar-refractivity contribution is 6.23. The summed E-state index contributed by atoms with van der Waals surface area (Å²) in [4.78, 5) is 39.8. The predicted octanol–water partition coefficient (Wildman–Crippen LogP) is 3.48. The molecule has 2 amide bonds. The molecule has 1 aliphatic heterocycles. The number of benzene rings is 2. The Morgan fingerprint density at radius 1 is 0.893 bits per heavy atom. The minimum absolute atomic E-state index is 0.104. The lowest BCUT2D eigenvalue weighted by molar-refractivity contribution is -0.123. The lowest BCUT2D eigenvalue weighted by Crippen LogP contribution is -2.33. The van der Waals surface area contributed by atoms with Crippen LogP contribution in [0.5, 0.6) is 5.75 Å². The van der Waals surface area contributed by atoms with Crippen molar-refractivity contribution in [1.82, 2.24) is 0 Å². The summed E-state index contributed by atoms with van der Waals surface area (Å²) in [5, 5.41) is 0. The van der Waals surface area contributed by atoms with Crippen LogP contribution in [0.4, 0.5) is 5.69 Å². The number of para-hydroxylation sites is 2. The number of ether oxygens (including phenoxy) is 1. The second kappa shape index (κ2) is 6.59. The molecule has 3 fully saturated rings. The van der Waals surface area contributed by atoms with Gasteiger partial charge < -0.3 is 4.74 Å². The van der Waals surface area contributed by atoms with E-state index in [0.29, 0.717) is 28.8 Å². The van der Waals surface area contributed by atoms with Crippen molar-refractivity contribution in [2.24, 2.45) is 23.7 Å². The fraction of sp³-hybridized carbons (Fsp3) is 0.348. The minimum Gasteiger partial charge on any atom is -0.483 e. The van der Waals surface area contributed by atoms with E-state index in [1.165, 1.54) is 4.90 Å². The second-order valence-corrected chi connectivity index (χ2v) is 7.94. The van der Waals surface area contributed by atoms with Crippen LogP contribution in [0.25, 0.3) is 0 Å². The van der Waals surface area contributed by atoms with Gasteiger partial charge in [0.15, 0.2) is 12.4 Å². The van der Waals surface area contributed by atoms with Crippen LogP contribution in [0, 0.1) is 23.7 Å². The number of rotatable bonds is 5. The van der Waals surface area contributed by atoms with Gasteiger partial charge in [-0.3, -0.25) is 14.4 Å². The van der Waals surface area contributed by atoms with Crippen LogP contribution in [0.15, 0.2) is 54.6 Å². The van der Waals surface area contributed by atoms with E-state index < -0.39 is 0 Å². The maximum atomic E-state index is 13.1. The Hall–Kier alpha value is -2.95. The van der Waals surface area contributed by atoms with Gasteiger partial charge >= 0.3 is 0 Å². The molecule has 0 spiro atoms. The predicted molar refractivity (Wildman–Crippen MR) is 103 cm³/mol. The molecule has 3 aliphatic rings. The van der Waals surface area contributed by atoms with E-state index in [2.05, 4.69) is 0 Å². The summed E-state index contributed by atoms with van der Waals surface area (Å²) in [6, 6.07) is 15.9. The van der Waals surface area contributed by atoms with Gasteiger partial charge in [-0.05, 0) is 43.2 Å². The van der Waals surface area contributed by atoms with E-state index >= 15 is 0 Å². The highest BCUT2D eigenvalue weighted by Gasteiger charge is 2.61. The number of amides is 2. The first kappa shape index (κ1) is 17.2. The fourth-order valence-electron chi connectivity index (χ4n) is 5.26. The van der Waals surface area contributed by atoms with E-state index in [1.54, 1.807) is 48.5 Å². The summed E-state index contributed by atoms with van der Waals surface area (Å²) in [5.74, 6) is 0.356. The molecule has 2 aromatic carbocycles. The summed E-state index contributed by atoms with van der Waals surface area (Å²) >= 11 is 0. The van der Waals surface area contributed by atoms with Gasteiger partial charge in [0, 0.05) is 5.56 Å². The van der Waals surface area contributed by atoms with Gasteiger partial charge in [-0.1, -0.05) is 42.5 Å². The molecule has 0 radical (unpaired) electrons. The lowest BCUT2D eigenvalue weighted by atomic mass is 9.81. The van der Waals surface area contributed by atoms with Crippen LogP contribution in [-0.2, 0) is 9.59 Å². The molecule has 2 bridgehead atoms. The number of carbonyl (C=O) groups excluding carboxylic acids is 3. The van der Waals surface area contributed by atoms with Crippen molar-refractivity contribution in [2.75, 3.05) is 11.5 Å². The maximum absolute atomic E-state index is 13.1. The highest BCUT2D eigenvalue weighted by atomic mass is 16.5.